The van der Waals surface area contributed by atoms with Crippen LogP contribution in [0, 0.1) is 6.92 Å². The van der Waals surface area contributed by atoms with Crippen LogP contribution in [-0.2, 0) is 41.6 Å². The Balaban J connectivity index is 1.51. The number of hydrogen-bond donors (Lipinski definition) is 1. The van der Waals surface area contributed by atoms with Gasteiger partial charge < -0.3 is 14.6 Å². The Morgan fingerprint density at radius 3 is 2.44 bits per heavy atom. The van der Waals surface area contributed by atoms with E-state index in [1.165, 1.54) is 23.5 Å². The SMILES string of the molecule is CCOC(Cc1ccc(OCc2sc(-c3ccc(C(F)(F)F)cc3)nc2C)c2c1CCCC2)C(=O)O. The third-order valence-corrected chi connectivity index (χ3v) is 7.53. The minimum Gasteiger partial charge on any atom is -0.488 e. The molecule has 0 saturated carbocycles. The van der Waals surface area contributed by atoms with Crippen molar-refractivity contribution in [2.45, 2.75) is 64.8 Å². The fourth-order valence-electron chi connectivity index (χ4n) is 4.48. The maximum absolute atomic E-state index is 12.9. The number of fused-ring (bicyclic) bond motifs is 1. The zero-order valence-corrected chi connectivity index (χ0v) is 21.0. The van der Waals surface area contributed by atoms with Crippen molar-refractivity contribution in [2.75, 3.05) is 6.61 Å². The summed E-state index contributed by atoms with van der Waals surface area (Å²) in [6.07, 6.45) is -1.12. The van der Waals surface area contributed by atoms with Crippen LogP contribution in [0.15, 0.2) is 36.4 Å². The van der Waals surface area contributed by atoms with Crippen LogP contribution in [0.1, 0.15) is 52.6 Å². The van der Waals surface area contributed by atoms with E-state index >= 15 is 0 Å². The second kappa shape index (κ2) is 11.0. The molecule has 1 N–H and O–H groups in total. The van der Waals surface area contributed by atoms with Gasteiger partial charge in [0.1, 0.15) is 17.4 Å². The molecule has 1 aliphatic carbocycles. The number of ether oxygens (including phenoxy) is 2. The summed E-state index contributed by atoms with van der Waals surface area (Å²) in [6.45, 7) is 4.28. The van der Waals surface area contributed by atoms with Crippen molar-refractivity contribution in [3.05, 3.63) is 69.2 Å². The van der Waals surface area contributed by atoms with Gasteiger partial charge in [-0.05, 0) is 74.4 Å². The molecular formula is C27H28F3NO4S. The molecule has 5 nitrogen and oxygen atoms in total. The first-order chi connectivity index (χ1) is 17.2. The number of thiazole rings is 1. The quantitative estimate of drug-likeness (QED) is 0.344. The second-order valence-electron chi connectivity index (χ2n) is 8.76. The van der Waals surface area contributed by atoms with E-state index < -0.39 is 23.8 Å². The molecule has 0 bridgehead atoms. The number of nitrogens with zero attached hydrogens (tertiary/aromatic N) is 1. The molecule has 0 fully saturated rings. The van der Waals surface area contributed by atoms with E-state index in [-0.39, 0.29) is 0 Å². The zero-order valence-electron chi connectivity index (χ0n) is 20.2. The van der Waals surface area contributed by atoms with E-state index in [4.69, 9.17) is 9.47 Å². The number of aromatic nitrogens is 1. The Morgan fingerprint density at radius 2 is 1.81 bits per heavy atom. The van der Waals surface area contributed by atoms with Gasteiger partial charge in [-0.2, -0.15) is 13.2 Å². The van der Waals surface area contributed by atoms with E-state index in [9.17, 15) is 23.1 Å². The van der Waals surface area contributed by atoms with Crippen LogP contribution in [0.2, 0.25) is 0 Å². The minimum absolute atomic E-state index is 0.298. The molecule has 0 saturated heterocycles. The molecule has 2 aromatic carbocycles. The first kappa shape index (κ1) is 26.2. The molecule has 4 rings (SSSR count). The first-order valence-electron chi connectivity index (χ1n) is 11.9. The van der Waals surface area contributed by atoms with Crippen LogP contribution in [0.5, 0.6) is 5.75 Å². The average molecular weight is 520 g/mol. The molecule has 1 aliphatic rings. The van der Waals surface area contributed by atoms with Crippen LogP contribution in [-0.4, -0.2) is 28.8 Å². The summed E-state index contributed by atoms with van der Waals surface area (Å²) in [4.78, 5) is 17.0. The van der Waals surface area contributed by atoms with Crippen molar-refractivity contribution in [3.8, 4) is 16.3 Å². The third-order valence-electron chi connectivity index (χ3n) is 6.35. The molecule has 192 valence electrons. The summed E-state index contributed by atoms with van der Waals surface area (Å²) in [7, 11) is 0. The molecule has 0 radical (unpaired) electrons. The summed E-state index contributed by atoms with van der Waals surface area (Å²) in [5.41, 5.74) is 3.97. The van der Waals surface area contributed by atoms with Gasteiger partial charge in [-0.3, -0.25) is 0 Å². The predicted octanol–water partition coefficient (Wildman–Crippen LogP) is 6.63. The highest BCUT2D eigenvalue weighted by Crippen LogP contribution is 2.36. The van der Waals surface area contributed by atoms with Crippen LogP contribution >= 0.6 is 11.3 Å². The van der Waals surface area contributed by atoms with Gasteiger partial charge in [0.2, 0.25) is 0 Å². The summed E-state index contributed by atoms with van der Waals surface area (Å²) < 4.78 is 50.2. The van der Waals surface area contributed by atoms with Gasteiger partial charge in [-0.15, -0.1) is 11.3 Å². The van der Waals surface area contributed by atoms with Crippen molar-refractivity contribution in [2.24, 2.45) is 0 Å². The number of carboxylic acid groups (broad SMARTS) is 1. The maximum atomic E-state index is 12.9. The molecular weight excluding hydrogens is 491 g/mol. The van der Waals surface area contributed by atoms with Gasteiger partial charge >= 0.3 is 12.1 Å². The Kier molecular flexibility index (Phi) is 8.00. The topological polar surface area (TPSA) is 68.7 Å². The number of carbonyl (C=O) groups is 1. The smallest absolute Gasteiger partial charge is 0.416 e. The summed E-state index contributed by atoms with van der Waals surface area (Å²) in [5, 5.41) is 10.1. The van der Waals surface area contributed by atoms with Gasteiger partial charge in [0.25, 0.3) is 0 Å². The molecule has 9 heteroatoms. The minimum atomic E-state index is -4.37. The van der Waals surface area contributed by atoms with E-state index in [1.54, 1.807) is 6.92 Å². The molecule has 0 spiro atoms. The molecule has 1 aromatic heterocycles. The normalized spacial score (nSPS) is 14.4. The number of halogens is 3. The zero-order chi connectivity index (χ0) is 25.9. The Morgan fingerprint density at radius 1 is 1.11 bits per heavy atom. The Labute approximate surface area is 211 Å². The van der Waals surface area contributed by atoms with Gasteiger partial charge in [0, 0.05) is 18.6 Å². The van der Waals surface area contributed by atoms with Gasteiger partial charge in [-0.25, -0.2) is 9.78 Å². The van der Waals surface area contributed by atoms with Crippen LogP contribution < -0.4 is 4.74 Å². The lowest BCUT2D eigenvalue weighted by Crippen LogP contribution is -2.27. The van der Waals surface area contributed by atoms with Gasteiger partial charge in [0.15, 0.2) is 6.10 Å². The maximum Gasteiger partial charge on any atom is 0.416 e. The Hall–Kier alpha value is -2.91. The number of benzene rings is 2. The van der Waals surface area contributed by atoms with Crippen LogP contribution in [0.25, 0.3) is 10.6 Å². The van der Waals surface area contributed by atoms with Crippen molar-refractivity contribution in [3.63, 3.8) is 0 Å². The summed E-state index contributed by atoms with van der Waals surface area (Å²) in [6, 6.07) is 8.84. The molecule has 1 atom stereocenters. The van der Waals surface area contributed by atoms with E-state index in [0.29, 0.717) is 30.2 Å². The number of aryl methyl sites for hydroxylation is 1. The number of alkyl halides is 3. The lowest BCUT2D eigenvalue weighted by Gasteiger charge is -2.24. The van der Waals surface area contributed by atoms with E-state index in [1.807, 2.05) is 19.1 Å². The summed E-state index contributed by atoms with van der Waals surface area (Å²) >= 11 is 1.40. The molecule has 1 unspecified atom stereocenters. The average Bonchev–Trinajstić information content (AvgIpc) is 3.23. The fourth-order valence-corrected chi connectivity index (χ4v) is 5.47. The number of aliphatic carboxylic acids is 1. The fraction of sp³-hybridized carbons (Fsp3) is 0.407. The lowest BCUT2D eigenvalue weighted by atomic mass is 9.86. The van der Waals surface area contributed by atoms with E-state index in [2.05, 4.69) is 4.98 Å². The molecule has 3 aromatic rings. The third kappa shape index (κ3) is 5.90. The van der Waals surface area contributed by atoms with Crippen molar-refractivity contribution >= 4 is 17.3 Å². The number of rotatable bonds is 9. The van der Waals surface area contributed by atoms with Gasteiger partial charge in [-0.1, -0.05) is 18.2 Å². The van der Waals surface area contributed by atoms with Gasteiger partial charge in [0.05, 0.1) is 16.1 Å². The first-order valence-corrected chi connectivity index (χ1v) is 12.7. The van der Waals surface area contributed by atoms with Crippen molar-refractivity contribution in [1.29, 1.82) is 0 Å². The summed E-state index contributed by atoms with van der Waals surface area (Å²) in [5.74, 6) is -0.188. The second-order valence-corrected chi connectivity index (χ2v) is 9.85. The number of hydrogen-bond acceptors (Lipinski definition) is 5. The highest BCUT2D eigenvalue weighted by molar-refractivity contribution is 7.15. The van der Waals surface area contributed by atoms with Crippen LogP contribution in [0.3, 0.4) is 0 Å². The van der Waals surface area contributed by atoms with Crippen molar-refractivity contribution in [1.82, 2.24) is 4.98 Å². The lowest BCUT2D eigenvalue weighted by molar-refractivity contribution is -0.150. The van der Waals surface area contributed by atoms with Crippen LogP contribution in [0.4, 0.5) is 13.2 Å². The monoisotopic (exact) mass is 519 g/mol. The Bertz CT molecular complexity index is 1220. The highest BCUT2D eigenvalue weighted by Gasteiger charge is 2.30. The van der Waals surface area contributed by atoms with E-state index in [0.717, 1.165) is 70.8 Å². The highest BCUT2D eigenvalue weighted by atomic mass is 32.1. The molecule has 0 aliphatic heterocycles. The molecule has 1 heterocycles. The predicted molar refractivity (Wildman–Crippen MR) is 131 cm³/mol. The standard InChI is InChI=1S/C27H28F3NO4S/c1-3-34-23(26(32)33)14-18-10-13-22(21-7-5-4-6-20(18)21)35-15-24-16(2)31-25(36-24)17-8-11-19(12-9-17)27(28,29)30/h8-13,23H,3-7,14-15H2,1-2H3,(H,32,33). The molecule has 36 heavy (non-hydrogen) atoms. The number of carboxylic acids is 1. The largest absolute Gasteiger partial charge is 0.488 e. The van der Waals surface area contributed by atoms with Crippen molar-refractivity contribution < 1.29 is 32.5 Å². The molecule has 0 amide bonds.